The number of aromatic nitrogens is 2. The van der Waals surface area contributed by atoms with Gasteiger partial charge in [-0.15, -0.1) is 11.3 Å². The van der Waals surface area contributed by atoms with Crippen LogP contribution in [0.4, 0.5) is 24.5 Å². The summed E-state index contributed by atoms with van der Waals surface area (Å²) < 4.78 is 65.3. The first kappa shape index (κ1) is 24.5. The van der Waals surface area contributed by atoms with E-state index in [1.54, 1.807) is 7.05 Å². The summed E-state index contributed by atoms with van der Waals surface area (Å²) in [4.78, 5) is 26.2. The van der Waals surface area contributed by atoms with Crippen LogP contribution in [0.15, 0.2) is 42.5 Å². The molecule has 0 N–H and O–H groups in total. The zero-order valence-corrected chi connectivity index (χ0v) is 19.5. The lowest BCUT2D eigenvalue weighted by molar-refractivity contribution is -0.143. The number of carbonyl (C=O) groups is 2. The molecule has 176 valence electrons. The second-order valence-electron chi connectivity index (χ2n) is 7.13. The summed E-state index contributed by atoms with van der Waals surface area (Å²) in [6.45, 7) is 1.37. The first-order valence-electron chi connectivity index (χ1n) is 9.30. The molecule has 0 aliphatic rings. The van der Waals surface area contributed by atoms with Gasteiger partial charge in [-0.2, -0.15) is 18.3 Å². The van der Waals surface area contributed by atoms with E-state index in [-0.39, 0.29) is 27.0 Å². The summed E-state index contributed by atoms with van der Waals surface area (Å²) in [6.07, 6.45) is -3.73. The fraction of sp³-hybridized carbons (Fsp3) is 0.250. The highest BCUT2D eigenvalue weighted by molar-refractivity contribution is 7.92. The molecule has 0 bridgehead atoms. The Hall–Kier alpha value is -3.19. The van der Waals surface area contributed by atoms with Gasteiger partial charge in [0, 0.05) is 26.7 Å². The van der Waals surface area contributed by atoms with E-state index >= 15 is 0 Å². The molecule has 0 aliphatic heterocycles. The third kappa shape index (κ3) is 5.09. The van der Waals surface area contributed by atoms with Crippen LogP contribution in [0, 0.1) is 0 Å². The van der Waals surface area contributed by atoms with Crippen LogP contribution in [0.1, 0.15) is 22.3 Å². The molecule has 0 saturated carbocycles. The van der Waals surface area contributed by atoms with Crippen LogP contribution < -0.4 is 9.21 Å². The molecule has 33 heavy (non-hydrogen) atoms. The molecule has 0 radical (unpaired) electrons. The van der Waals surface area contributed by atoms with Crippen molar-refractivity contribution < 1.29 is 31.2 Å². The number of rotatable bonds is 5. The van der Waals surface area contributed by atoms with Crippen molar-refractivity contribution in [3.63, 3.8) is 0 Å². The molecule has 0 fully saturated rings. The molecule has 3 rings (SSSR count). The third-order valence-corrected chi connectivity index (χ3v) is 6.84. The molecule has 3 aromatic rings. The second kappa shape index (κ2) is 8.63. The van der Waals surface area contributed by atoms with E-state index in [2.05, 4.69) is 5.10 Å². The number of anilines is 2. The van der Waals surface area contributed by atoms with Crippen LogP contribution in [0.25, 0.3) is 10.6 Å². The van der Waals surface area contributed by atoms with Crippen molar-refractivity contribution in [2.75, 3.05) is 22.5 Å². The summed E-state index contributed by atoms with van der Waals surface area (Å²) in [5.41, 5.74) is -0.389. The quantitative estimate of drug-likeness (QED) is 0.532. The third-order valence-electron chi connectivity index (χ3n) is 4.70. The highest BCUT2D eigenvalue weighted by atomic mass is 32.2. The van der Waals surface area contributed by atoms with E-state index in [1.165, 1.54) is 48.2 Å². The minimum atomic E-state index is -4.59. The maximum absolute atomic E-state index is 13.1. The number of alkyl halides is 3. The number of hydrogen-bond acceptors (Lipinski definition) is 6. The maximum Gasteiger partial charge on any atom is 0.433 e. The van der Waals surface area contributed by atoms with Gasteiger partial charge < -0.3 is 4.90 Å². The van der Waals surface area contributed by atoms with Crippen molar-refractivity contribution in [2.24, 2.45) is 7.05 Å². The molecular formula is C20H19F3N4O4S2. The Morgan fingerprint density at radius 1 is 1.06 bits per heavy atom. The predicted molar refractivity (Wildman–Crippen MR) is 119 cm³/mol. The molecule has 8 nitrogen and oxygen atoms in total. The van der Waals surface area contributed by atoms with E-state index in [0.29, 0.717) is 14.7 Å². The second-order valence-corrected chi connectivity index (χ2v) is 10.0. The number of thiophene rings is 1. The fourth-order valence-electron chi connectivity index (χ4n) is 3.00. The normalized spacial score (nSPS) is 12.0. The first-order valence-corrected chi connectivity index (χ1v) is 12.0. The average molecular weight is 501 g/mol. The number of aryl methyl sites for hydroxylation is 1. The smallest absolute Gasteiger partial charge is 0.316 e. The van der Waals surface area contributed by atoms with Crippen LogP contribution in [-0.2, 0) is 28.0 Å². The number of hydrogen-bond donors (Lipinski definition) is 0. The minimum absolute atomic E-state index is 0.000401. The SMILES string of the molecule is CC(=O)N(C)c1ccc(N(C(=O)c2ccc(-c3cc(C(F)(F)F)n(C)n3)s2)S(C)(=O)=O)cc1. The van der Waals surface area contributed by atoms with Crippen LogP contribution in [0.3, 0.4) is 0 Å². The Morgan fingerprint density at radius 3 is 2.12 bits per heavy atom. The molecule has 1 aromatic carbocycles. The molecule has 13 heteroatoms. The summed E-state index contributed by atoms with van der Waals surface area (Å²) >= 11 is 0.826. The van der Waals surface area contributed by atoms with Gasteiger partial charge in [-0.05, 0) is 42.5 Å². The van der Waals surface area contributed by atoms with Gasteiger partial charge in [0.25, 0.3) is 5.91 Å². The zero-order chi connectivity index (χ0) is 24.7. The Balaban J connectivity index is 1.95. The monoisotopic (exact) mass is 500 g/mol. The van der Waals surface area contributed by atoms with Gasteiger partial charge >= 0.3 is 6.18 Å². The van der Waals surface area contributed by atoms with Crippen molar-refractivity contribution >= 4 is 44.5 Å². The molecule has 0 unspecified atom stereocenters. The lowest BCUT2D eigenvalue weighted by Crippen LogP contribution is -2.35. The van der Waals surface area contributed by atoms with Crippen molar-refractivity contribution in [1.29, 1.82) is 0 Å². The van der Waals surface area contributed by atoms with Gasteiger partial charge in [0.15, 0.2) is 0 Å². The average Bonchev–Trinajstić information content (AvgIpc) is 3.33. The van der Waals surface area contributed by atoms with E-state index < -0.39 is 27.8 Å². The fourth-order valence-corrected chi connectivity index (χ4v) is 4.85. The number of sulfonamides is 1. The Labute approximate surface area is 191 Å². The van der Waals surface area contributed by atoms with Crippen LogP contribution in [0.5, 0.6) is 0 Å². The summed E-state index contributed by atoms with van der Waals surface area (Å²) in [5.74, 6) is -1.10. The van der Waals surface area contributed by atoms with Gasteiger partial charge in [-0.3, -0.25) is 14.3 Å². The number of halogens is 3. The van der Waals surface area contributed by atoms with Crippen LogP contribution in [-0.4, -0.2) is 43.3 Å². The molecule has 2 aromatic heterocycles. The molecule has 0 saturated heterocycles. The van der Waals surface area contributed by atoms with Crippen molar-refractivity contribution in [3.05, 3.63) is 53.0 Å². The highest BCUT2D eigenvalue weighted by Gasteiger charge is 2.35. The number of amides is 2. The Morgan fingerprint density at radius 2 is 1.64 bits per heavy atom. The standard InChI is InChI=1S/C20H19F3N4O4S2/c1-12(28)25(2)13-5-7-14(8-6-13)27(33(4,30)31)19(29)17-10-9-16(32-17)15-11-18(20(21,22)23)26(3)24-15/h5-11H,1-4H3. The number of nitrogens with zero attached hydrogens (tertiary/aromatic N) is 4. The highest BCUT2D eigenvalue weighted by Crippen LogP contribution is 2.35. The topological polar surface area (TPSA) is 92.6 Å². The minimum Gasteiger partial charge on any atom is -0.316 e. The van der Waals surface area contributed by atoms with Gasteiger partial charge in [0.2, 0.25) is 15.9 Å². The first-order chi connectivity index (χ1) is 15.2. The summed E-state index contributed by atoms with van der Waals surface area (Å²) in [5, 5.41) is 3.84. The molecule has 0 aliphatic carbocycles. The van der Waals surface area contributed by atoms with E-state index in [4.69, 9.17) is 0 Å². The zero-order valence-electron chi connectivity index (χ0n) is 17.9. The van der Waals surface area contributed by atoms with Gasteiger partial charge in [-0.25, -0.2) is 12.7 Å². The maximum atomic E-state index is 13.1. The molecule has 0 atom stereocenters. The number of carbonyl (C=O) groups excluding carboxylic acids is 2. The van der Waals surface area contributed by atoms with Crippen molar-refractivity contribution in [3.8, 4) is 10.6 Å². The van der Waals surface area contributed by atoms with Gasteiger partial charge in [0.1, 0.15) is 11.4 Å². The van der Waals surface area contributed by atoms with Crippen molar-refractivity contribution in [1.82, 2.24) is 9.78 Å². The van der Waals surface area contributed by atoms with Crippen molar-refractivity contribution in [2.45, 2.75) is 13.1 Å². The van der Waals surface area contributed by atoms with E-state index in [9.17, 15) is 31.2 Å². The van der Waals surface area contributed by atoms with E-state index in [0.717, 1.165) is 30.7 Å². The molecular weight excluding hydrogens is 481 g/mol. The van der Waals surface area contributed by atoms with Gasteiger partial charge in [0.05, 0.1) is 21.7 Å². The van der Waals surface area contributed by atoms with E-state index in [1.807, 2.05) is 0 Å². The lowest BCUT2D eigenvalue weighted by Gasteiger charge is -2.21. The molecule has 2 heterocycles. The van der Waals surface area contributed by atoms with Crippen LogP contribution in [0.2, 0.25) is 0 Å². The van der Waals surface area contributed by atoms with Gasteiger partial charge in [-0.1, -0.05) is 0 Å². The number of benzene rings is 1. The predicted octanol–water partition coefficient (Wildman–Crippen LogP) is 3.76. The Bertz CT molecular complexity index is 1310. The molecule has 0 spiro atoms. The molecule has 2 amide bonds. The van der Waals surface area contributed by atoms with Crippen LogP contribution >= 0.6 is 11.3 Å². The lowest BCUT2D eigenvalue weighted by atomic mass is 10.2. The largest absolute Gasteiger partial charge is 0.433 e. The summed E-state index contributed by atoms with van der Waals surface area (Å²) in [7, 11) is -1.35. The Kier molecular flexibility index (Phi) is 6.40. The summed E-state index contributed by atoms with van der Waals surface area (Å²) in [6, 6.07) is 9.36.